The smallest absolute Gasteiger partial charge is 0.328 e. The molecule has 4 nitrogen and oxygen atoms in total. The average molecular weight is 203 g/mol. The Bertz CT molecular complexity index is 536. The van der Waals surface area contributed by atoms with Crippen LogP contribution < -0.4 is 5.63 Å². The molecular weight excluding hydrogens is 194 g/mol. The summed E-state index contributed by atoms with van der Waals surface area (Å²) in [6.07, 6.45) is 0. The van der Waals surface area contributed by atoms with E-state index < -0.39 is 5.63 Å². The lowest BCUT2D eigenvalue weighted by atomic mass is 10.1. The maximum atomic E-state index is 11.2. The molecule has 2 aromatic rings. The van der Waals surface area contributed by atoms with Crippen molar-refractivity contribution in [1.29, 1.82) is 0 Å². The van der Waals surface area contributed by atoms with Crippen molar-refractivity contribution >= 4 is 5.91 Å². The predicted octanol–water partition coefficient (Wildman–Crippen LogP) is 1.77. The van der Waals surface area contributed by atoms with Gasteiger partial charge >= 0.3 is 5.63 Å². The molecule has 0 fully saturated rings. The number of aromatic nitrogens is 1. The van der Waals surface area contributed by atoms with Crippen LogP contribution in [0.15, 0.2) is 45.7 Å². The Morgan fingerprint density at radius 2 is 1.93 bits per heavy atom. The molecule has 0 radical (unpaired) electrons. The van der Waals surface area contributed by atoms with Crippen LogP contribution in [0, 0.1) is 0 Å². The maximum Gasteiger partial charge on any atom is 0.358 e. The summed E-state index contributed by atoms with van der Waals surface area (Å²) in [5.41, 5.74) is 0.732. The third kappa shape index (κ3) is 1.74. The molecule has 0 saturated heterocycles. The van der Waals surface area contributed by atoms with Gasteiger partial charge in [0.05, 0.1) is 11.8 Å². The Morgan fingerprint density at radius 1 is 1.27 bits per heavy atom. The third-order valence-corrected chi connectivity index (χ3v) is 2.01. The van der Waals surface area contributed by atoms with Crippen molar-refractivity contribution in [3.05, 3.63) is 46.8 Å². The van der Waals surface area contributed by atoms with Gasteiger partial charge in [0, 0.05) is 12.5 Å². The minimum absolute atomic E-state index is 0.323. The molecule has 0 aliphatic rings. The molecule has 0 bridgehead atoms. The van der Waals surface area contributed by atoms with Gasteiger partial charge in [-0.1, -0.05) is 30.3 Å². The van der Waals surface area contributed by atoms with Crippen LogP contribution in [0.5, 0.6) is 0 Å². The molecule has 0 aliphatic carbocycles. The Morgan fingerprint density at radius 3 is 2.53 bits per heavy atom. The lowest BCUT2D eigenvalue weighted by molar-refractivity contribution is 0.0817. The summed E-state index contributed by atoms with van der Waals surface area (Å²) >= 11 is 0. The quantitative estimate of drug-likeness (QED) is 0.709. The van der Waals surface area contributed by atoms with Crippen molar-refractivity contribution in [3.8, 4) is 11.3 Å². The van der Waals surface area contributed by atoms with Crippen LogP contribution in [0.3, 0.4) is 0 Å². The summed E-state index contributed by atoms with van der Waals surface area (Å²) in [6.45, 7) is 1.34. The van der Waals surface area contributed by atoms with Crippen LogP contribution in [0.4, 0.5) is 0 Å². The summed E-state index contributed by atoms with van der Waals surface area (Å²) in [5, 5.41) is 0. The molecule has 0 unspecified atom stereocenters. The molecule has 2 rings (SSSR count). The Hall–Kier alpha value is -2.10. The lowest BCUT2D eigenvalue weighted by Crippen LogP contribution is -2.06. The Labute approximate surface area is 85.7 Å². The maximum absolute atomic E-state index is 11.2. The van der Waals surface area contributed by atoms with E-state index in [9.17, 15) is 9.59 Å². The fraction of sp³-hybridized carbons (Fsp3) is 0.0909. The van der Waals surface area contributed by atoms with Crippen LogP contribution in [-0.2, 0) is 0 Å². The SMILES string of the molecule is CC(=O)n1oc(=O)cc1-c1ccccc1. The molecule has 1 aromatic heterocycles. The number of hydrogen-bond donors (Lipinski definition) is 0. The summed E-state index contributed by atoms with van der Waals surface area (Å²) in [4.78, 5) is 22.2. The van der Waals surface area contributed by atoms with Gasteiger partial charge in [-0.05, 0) is 0 Å². The van der Waals surface area contributed by atoms with E-state index in [1.807, 2.05) is 30.3 Å². The van der Waals surface area contributed by atoms with Crippen molar-refractivity contribution in [2.75, 3.05) is 0 Å². The molecule has 1 heterocycles. The zero-order chi connectivity index (χ0) is 10.8. The van der Waals surface area contributed by atoms with Gasteiger partial charge in [-0.2, -0.15) is 0 Å². The minimum atomic E-state index is -0.524. The van der Waals surface area contributed by atoms with Crippen molar-refractivity contribution in [1.82, 2.24) is 4.74 Å². The van der Waals surface area contributed by atoms with Crippen molar-refractivity contribution in [3.63, 3.8) is 0 Å². The summed E-state index contributed by atoms with van der Waals surface area (Å²) in [6, 6.07) is 10.4. The van der Waals surface area contributed by atoms with E-state index >= 15 is 0 Å². The second kappa shape index (κ2) is 3.57. The fourth-order valence-corrected chi connectivity index (χ4v) is 1.38. The first-order chi connectivity index (χ1) is 7.18. The van der Waals surface area contributed by atoms with Crippen LogP contribution in [0.2, 0.25) is 0 Å². The Kier molecular flexibility index (Phi) is 2.25. The lowest BCUT2D eigenvalue weighted by Gasteiger charge is -2.00. The van der Waals surface area contributed by atoms with Gasteiger partial charge in [-0.15, -0.1) is 4.74 Å². The Balaban J connectivity index is 2.63. The van der Waals surface area contributed by atoms with Gasteiger partial charge in [0.2, 0.25) is 0 Å². The van der Waals surface area contributed by atoms with Crippen LogP contribution in [0.25, 0.3) is 11.3 Å². The third-order valence-electron chi connectivity index (χ3n) is 2.01. The van der Waals surface area contributed by atoms with Gasteiger partial charge in [-0.3, -0.25) is 4.79 Å². The zero-order valence-corrected chi connectivity index (χ0v) is 8.14. The first kappa shape index (κ1) is 9.45. The van der Waals surface area contributed by atoms with E-state index in [0.29, 0.717) is 5.69 Å². The highest BCUT2D eigenvalue weighted by atomic mass is 16.5. The van der Waals surface area contributed by atoms with E-state index in [4.69, 9.17) is 4.52 Å². The monoisotopic (exact) mass is 203 g/mol. The second-order valence-corrected chi connectivity index (χ2v) is 3.12. The molecular formula is C11H9NO3. The van der Waals surface area contributed by atoms with Gasteiger partial charge in [0.15, 0.2) is 0 Å². The summed E-state index contributed by atoms with van der Waals surface area (Å²) < 4.78 is 5.74. The highest BCUT2D eigenvalue weighted by molar-refractivity contribution is 5.80. The van der Waals surface area contributed by atoms with Crippen molar-refractivity contribution in [2.45, 2.75) is 6.92 Å². The van der Waals surface area contributed by atoms with Gasteiger partial charge in [0.25, 0.3) is 5.91 Å². The van der Waals surface area contributed by atoms with Crippen molar-refractivity contribution < 1.29 is 9.32 Å². The standard InChI is InChI=1S/C11H9NO3/c1-8(13)12-10(7-11(14)15-12)9-5-3-2-4-6-9/h2-7H,1H3. The molecule has 0 spiro atoms. The number of carbonyl (C=O) groups is 1. The van der Waals surface area contributed by atoms with Crippen LogP contribution in [-0.4, -0.2) is 10.6 Å². The fourth-order valence-electron chi connectivity index (χ4n) is 1.38. The van der Waals surface area contributed by atoms with E-state index in [1.165, 1.54) is 13.0 Å². The van der Waals surface area contributed by atoms with Crippen molar-refractivity contribution in [2.24, 2.45) is 0 Å². The summed E-state index contributed by atoms with van der Waals surface area (Å²) in [5.74, 6) is -0.323. The first-order valence-corrected chi connectivity index (χ1v) is 4.48. The molecule has 0 saturated carbocycles. The molecule has 1 aromatic carbocycles. The van der Waals surface area contributed by atoms with E-state index in [0.717, 1.165) is 10.3 Å². The largest absolute Gasteiger partial charge is 0.358 e. The summed E-state index contributed by atoms with van der Waals surface area (Å²) in [7, 11) is 0. The molecule has 0 aliphatic heterocycles. The number of benzene rings is 1. The highest BCUT2D eigenvalue weighted by Crippen LogP contribution is 2.17. The molecule has 0 atom stereocenters. The topological polar surface area (TPSA) is 52.2 Å². The molecule has 0 amide bonds. The normalized spacial score (nSPS) is 10.2. The predicted molar refractivity (Wildman–Crippen MR) is 54.7 cm³/mol. The highest BCUT2D eigenvalue weighted by Gasteiger charge is 2.11. The van der Waals surface area contributed by atoms with E-state index in [-0.39, 0.29) is 5.91 Å². The van der Waals surface area contributed by atoms with E-state index in [1.54, 1.807) is 0 Å². The molecule has 76 valence electrons. The zero-order valence-electron chi connectivity index (χ0n) is 8.14. The first-order valence-electron chi connectivity index (χ1n) is 4.48. The number of nitrogens with zero attached hydrogens (tertiary/aromatic N) is 1. The second-order valence-electron chi connectivity index (χ2n) is 3.12. The minimum Gasteiger partial charge on any atom is -0.328 e. The van der Waals surface area contributed by atoms with E-state index in [2.05, 4.69) is 0 Å². The van der Waals surface area contributed by atoms with Crippen LogP contribution in [0.1, 0.15) is 11.7 Å². The number of carbonyl (C=O) groups excluding carboxylic acids is 1. The number of hydrogen-bond acceptors (Lipinski definition) is 3. The van der Waals surface area contributed by atoms with Gasteiger partial charge in [0.1, 0.15) is 0 Å². The van der Waals surface area contributed by atoms with Crippen LogP contribution >= 0.6 is 0 Å². The average Bonchev–Trinajstić information content (AvgIpc) is 2.62. The van der Waals surface area contributed by atoms with Gasteiger partial charge < -0.3 is 4.52 Å². The number of rotatable bonds is 1. The molecule has 0 N–H and O–H groups in total. The molecule has 15 heavy (non-hydrogen) atoms. The van der Waals surface area contributed by atoms with Gasteiger partial charge in [-0.25, -0.2) is 4.79 Å². The molecule has 4 heteroatoms.